The summed E-state index contributed by atoms with van der Waals surface area (Å²) >= 11 is 4.11. The van der Waals surface area contributed by atoms with Crippen LogP contribution in [0.3, 0.4) is 0 Å². The standard InChI is InChI=1S/C10H14S2/c1-5-7(3)11-10-6(2)8(4)12-9(5)10/h9-10H,1-4H3. The van der Waals surface area contributed by atoms with Gasteiger partial charge in [0.05, 0.1) is 0 Å². The maximum absolute atomic E-state index is 2.28. The van der Waals surface area contributed by atoms with Crippen LogP contribution in [-0.4, -0.2) is 10.5 Å². The van der Waals surface area contributed by atoms with E-state index in [-0.39, 0.29) is 0 Å². The first kappa shape index (κ1) is 8.76. The average molecular weight is 198 g/mol. The Kier molecular flexibility index (Phi) is 2.08. The molecule has 0 amide bonds. The quantitative estimate of drug-likeness (QED) is 0.580. The van der Waals surface area contributed by atoms with Crippen molar-refractivity contribution in [3.05, 3.63) is 21.0 Å². The third kappa shape index (κ3) is 1.08. The Morgan fingerprint density at radius 1 is 0.750 bits per heavy atom. The first-order valence-corrected chi connectivity index (χ1v) is 6.05. The second-order valence-electron chi connectivity index (χ2n) is 3.56. The van der Waals surface area contributed by atoms with Crippen molar-refractivity contribution in [3.8, 4) is 0 Å². The van der Waals surface area contributed by atoms with E-state index in [1.54, 1.807) is 21.0 Å². The molecule has 0 bridgehead atoms. The summed E-state index contributed by atoms with van der Waals surface area (Å²) in [6, 6.07) is 0. The van der Waals surface area contributed by atoms with Gasteiger partial charge < -0.3 is 0 Å². The summed E-state index contributed by atoms with van der Waals surface area (Å²) < 4.78 is 0. The van der Waals surface area contributed by atoms with Crippen LogP contribution in [0.5, 0.6) is 0 Å². The van der Waals surface area contributed by atoms with Gasteiger partial charge in [-0.05, 0) is 48.7 Å². The second-order valence-corrected chi connectivity index (χ2v) is 6.27. The highest BCUT2D eigenvalue weighted by Crippen LogP contribution is 2.53. The van der Waals surface area contributed by atoms with Crippen molar-refractivity contribution >= 4 is 23.5 Å². The van der Waals surface area contributed by atoms with E-state index in [1.165, 1.54) is 0 Å². The SMILES string of the molecule is CC1=C(C)C2SC(C)=C(C)C2S1. The zero-order valence-electron chi connectivity index (χ0n) is 7.97. The van der Waals surface area contributed by atoms with Crippen LogP contribution in [-0.2, 0) is 0 Å². The van der Waals surface area contributed by atoms with E-state index in [2.05, 4.69) is 51.2 Å². The average Bonchev–Trinajstić information content (AvgIpc) is 2.43. The minimum atomic E-state index is 0.759. The van der Waals surface area contributed by atoms with Gasteiger partial charge in [-0.2, -0.15) is 0 Å². The van der Waals surface area contributed by atoms with Crippen molar-refractivity contribution in [2.45, 2.75) is 38.2 Å². The van der Waals surface area contributed by atoms with E-state index in [9.17, 15) is 0 Å². The normalized spacial score (nSPS) is 35.0. The molecule has 66 valence electrons. The van der Waals surface area contributed by atoms with E-state index in [4.69, 9.17) is 0 Å². The summed E-state index contributed by atoms with van der Waals surface area (Å²) in [7, 11) is 0. The molecule has 2 aliphatic rings. The molecule has 0 spiro atoms. The van der Waals surface area contributed by atoms with Crippen molar-refractivity contribution < 1.29 is 0 Å². The first-order chi connectivity index (χ1) is 5.61. The van der Waals surface area contributed by atoms with E-state index in [0.29, 0.717) is 0 Å². The predicted octanol–water partition coefficient (Wildman–Crippen LogP) is 3.81. The molecule has 0 aromatic carbocycles. The lowest BCUT2D eigenvalue weighted by atomic mass is 10.1. The van der Waals surface area contributed by atoms with Crippen LogP contribution in [0.15, 0.2) is 21.0 Å². The fourth-order valence-electron chi connectivity index (χ4n) is 1.72. The number of hydrogen-bond acceptors (Lipinski definition) is 2. The molecule has 2 heteroatoms. The van der Waals surface area contributed by atoms with Gasteiger partial charge in [-0.1, -0.05) is 0 Å². The number of thioether (sulfide) groups is 2. The Balaban J connectivity index is 2.30. The lowest BCUT2D eigenvalue weighted by Crippen LogP contribution is -2.11. The highest BCUT2D eigenvalue weighted by atomic mass is 32.2. The van der Waals surface area contributed by atoms with Crippen molar-refractivity contribution in [2.24, 2.45) is 0 Å². The summed E-state index contributed by atoms with van der Waals surface area (Å²) in [5, 5.41) is 1.52. The van der Waals surface area contributed by atoms with Gasteiger partial charge in [0.25, 0.3) is 0 Å². The molecular formula is C10H14S2. The van der Waals surface area contributed by atoms with Crippen LogP contribution in [0.4, 0.5) is 0 Å². The minimum absolute atomic E-state index is 0.759. The van der Waals surface area contributed by atoms with Gasteiger partial charge in [-0.3, -0.25) is 0 Å². The molecule has 0 N–H and O–H groups in total. The van der Waals surface area contributed by atoms with Crippen molar-refractivity contribution in [2.75, 3.05) is 0 Å². The molecule has 0 aromatic rings. The van der Waals surface area contributed by atoms with Gasteiger partial charge in [0.15, 0.2) is 0 Å². The summed E-state index contributed by atoms with van der Waals surface area (Å²) in [6.07, 6.45) is 0. The lowest BCUT2D eigenvalue weighted by molar-refractivity contribution is 1.00. The van der Waals surface area contributed by atoms with Crippen LogP contribution >= 0.6 is 23.5 Å². The van der Waals surface area contributed by atoms with Gasteiger partial charge in [-0.25, -0.2) is 0 Å². The number of fused-ring (bicyclic) bond motifs is 1. The number of allylic oxidation sites excluding steroid dienone is 2. The van der Waals surface area contributed by atoms with Gasteiger partial charge in [0, 0.05) is 10.5 Å². The van der Waals surface area contributed by atoms with Gasteiger partial charge >= 0.3 is 0 Å². The van der Waals surface area contributed by atoms with Gasteiger partial charge in [-0.15, -0.1) is 23.5 Å². The molecule has 0 nitrogen and oxygen atoms in total. The highest BCUT2D eigenvalue weighted by Gasteiger charge is 2.38. The van der Waals surface area contributed by atoms with Gasteiger partial charge in [0.2, 0.25) is 0 Å². The Bertz CT molecular complexity index is 256. The zero-order chi connectivity index (χ0) is 8.88. The van der Waals surface area contributed by atoms with Crippen LogP contribution in [0.2, 0.25) is 0 Å². The van der Waals surface area contributed by atoms with Crippen molar-refractivity contribution in [1.82, 2.24) is 0 Å². The predicted molar refractivity (Wildman–Crippen MR) is 59.5 cm³/mol. The molecule has 2 rings (SSSR count). The minimum Gasteiger partial charge on any atom is -0.121 e. The topological polar surface area (TPSA) is 0 Å². The van der Waals surface area contributed by atoms with E-state index in [1.807, 2.05) is 0 Å². The van der Waals surface area contributed by atoms with Crippen LogP contribution < -0.4 is 0 Å². The molecule has 2 aliphatic heterocycles. The molecule has 2 atom stereocenters. The van der Waals surface area contributed by atoms with Crippen molar-refractivity contribution in [1.29, 1.82) is 0 Å². The van der Waals surface area contributed by atoms with E-state index >= 15 is 0 Å². The Morgan fingerprint density at radius 3 is 1.42 bits per heavy atom. The lowest BCUT2D eigenvalue weighted by Gasteiger charge is -2.10. The molecule has 12 heavy (non-hydrogen) atoms. The Morgan fingerprint density at radius 2 is 1.08 bits per heavy atom. The number of hydrogen-bond donors (Lipinski definition) is 0. The molecule has 0 aliphatic carbocycles. The summed E-state index contributed by atoms with van der Waals surface area (Å²) in [5.41, 5.74) is 3.21. The highest BCUT2D eigenvalue weighted by molar-refractivity contribution is 8.09. The second kappa shape index (κ2) is 2.85. The third-order valence-electron chi connectivity index (χ3n) is 2.85. The maximum atomic E-state index is 2.28. The van der Waals surface area contributed by atoms with Crippen LogP contribution in [0, 0.1) is 0 Å². The van der Waals surface area contributed by atoms with Gasteiger partial charge in [0.1, 0.15) is 0 Å². The zero-order valence-corrected chi connectivity index (χ0v) is 9.60. The molecule has 0 radical (unpaired) electrons. The molecular weight excluding hydrogens is 184 g/mol. The molecule has 2 heterocycles. The van der Waals surface area contributed by atoms with E-state index < -0.39 is 0 Å². The van der Waals surface area contributed by atoms with E-state index in [0.717, 1.165) is 10.5 Å². The monoisotopic (exact) mass is 198 g/mol. The fourth-order valence-corrected chi connectivity index (χ4v) is 4.95. The van der Waals surface area contributed by atoms with Crippen LogP contribution in [0.25, 0.3) is 0 Å². The summed E-state index contributed by atoms with van der Waals surface area (Å²) in [5.74, 6) is 0. The molecule has 0 saturated carbocycles. The Hall–Kier alpha value is 0.180. The maximum Gasteiger partial charge on any atom is 0.0468 e. The van der Waals surface area contributed by atoms with Crippen molar-refractivity contribution in [3.63, 3.8) is 0 Å². The number of rotatable bonds is 0. The smallest absolute Gasteiger partial charge is 0.0468 e. The third-order valence-corrected chi connectivity index (χ3v) is 6.13. The Labute approximate surface area is 82.9 Å². The molecule has 0 saturated heterocycles. The van der Waals surface area contributed by atoms with Crippen LogP contribution in [0.1, 0.15) is 27.7 Å². The molecule has 2 unspecified atom stereocenters. The molecule has 0 aromatic heterocycles. The first-order valence-electron chi connectivity index (χ1n) is 4.29. The largest absolute Gasteiger partial charge is 0.121 e. The molecule has 0 fully saturated rings. The summed E-state index contributed by atoms with van der Waals surface area (Å²) in [6.45, 7) is 9.07. The fraction of sp³-hybridized carbons (Fsp3) is 0.600. The summed E-state index contributed by atoms with van der Waals surface area (Å²) in [4.78, 5) is 3.09.